The summed E-state index contributed by atoms with van der Waals surface area (Å²) in [5.74, 6) is -2.92. The molecule has 3 aromatic heterocycles. The van der Waals surface area contributed by atoms with E-state index in [-0.39, 0.29) is 53.3 Å². The number of alkyl carbamates (subject to hydrolysis) is 1. The number of aromatic nitrogens is 7. The first kappa shape index (κ1) is 37.8. The van der Waals surface area contributed by atoms with Crippen molar-refractivity contribution in [1.82, 2.24) is 39.4 Å². The fraction of sp³-hybridized carbons (Fsp3) is 0.400. The van der Waals surface area contributed by atoms with E-state index in [4.69, 9.17) is 38.4 Å². The standard InChI is InChI=1S/C30H32Cl2F3N9O6/c1-29(2,3)50-27(47)38-13-5-4-8-22(45)49-20(30(33,34)35)15-42-24(17-9-11-18(31)12-10-17)41-43(28(42)48)16-21-39-26(23(36)46)44(40-21)25-19(32)7-6-14-37-25/h6-7,9-12,14,20H,4-5,8,13,15-16H2,1-3H3,(H2,36,46)(H,38,47)/t20-/m0/s1. The second kappa shape index (κ2) is 15.7. The molecule has 0 radical (unpaired) electrons. The summed E-state index contributed by atoms with van der Waals surface area (Å²) in [6.45, 7) is 3.51. The van der Waals surface area contributed by atoms with Crippen LogP contribution in [0.25, 0.3) is 17.2 Å². The average molecular weight is 743 g/mol. The highest BCUT2D eigenvalue weighted by molar-refractivity contribution is 6.32. The van der Waals surface area contributed by atoms with Gasteiger partial charge in [-0.2, -0.15) is 17.9 Å². The number of hydrogen-bond donors (Lipinski definition) is 2. The molecule has 0 spiro atoms. The maximum absolute atomic E-state index is 14.2. The Kier molecular flexibility index (Phi) is 11.9. The first-order chi connectivity index (χ1) is 23.4. The molecule has 0 aliphatic rings. The van der Waals surface area contributed by atoms with Crippen molar-refractivity contribution >= 4 is 41.2 Å². The minimum atomic E-state index is -5.08. The van der Waals surface area contributed by atoms with Crippen LogP contribution in [-0.2, 0) is 27.4 Å². The minimum absolute atomic E-state index is 0.00980. The van der Waals surface area contributed by atoms with Crippen molar-refractivity contribution in [2.24, 2.45) is 5.73 Å². The van der Waals surface area contributed by atoms with E-state index < -0.39 is 61.1 Å². The second-order valence-corrected chi connectivity index (χ2v) is 12.6. The van der Waals surface area contributed by atoms with Crippen LogP contribution in [0.3, 0.4) is 0 Å². The van der Waals surface area contributed by atoms with Crippen LogP contribution in [0.5, 0.6) is 0 Å². The fourth-order valence-electron chi connectivity index (χ4n) is 4.41. The molecule has 15 nitrogen and oxygen atoms in total. The lowest BCUT2D eigenvalue weighted by Crippen LogP contribution is -2.40. The number of nitrogens with two attached hydrogens (primary N) is 1. The maximum Gasteiger partial charge on any atom is 0.427 e. The van der Waals surface area contributed by atoms with Gasteiger partial charge >= 0.3 is 23.9 Å². The minimum Gasteiger partial charge on any atom is -0.451 e. The third-order valence-electron chi connectivity index (χ3n) is 6.59. The number of benzene rings is 1. The molecule has 0 bridgehead atoms. The van der Waals surface area contributed by atoms with Crippen LogP contribution in [0.1, 0.15) is 56.5 Å². The van der Waals surface area contributed by atoms with Crippen molar-refractivity contribution in [2.75, 3.05) is 6.54 Å². The van der Waals surface area contributed by atoms with Gasteiger partial charge in [0.15, 0.2) is 17.5 Å². The summed E-state index contributed by atoms with van der Waals surface area (Å²) in [6.07, 6.45) is -7.14. The molecule has 1 aromatic carbocycles. The van der Waals surface area contributed by atoms with Gasteiger partial charge in [0.25, 0.3) is 5.91 Å². The highest BCUT2D eigenvalue weighted by Gasteiger charge is 2.44. The zero-order chi connectivity index (χ0) is 36.8. The Bertz CT molecular complexity index is 1900. The van der Waals surface area contributed by atoms with E-state index in [1.54, 1.807) is 20.8 Å². The number of carbonyl (C=O) groups excluding carboxylic acids is 3. The molecule has 4 rings (SSSR count). The molecular weight excluding hydrogens is 710 g/mol. The molecular formula is C30H32Cl2F3N9O6. The molecule has 0 fully saturated rings. The number of carbonyl (C=O) groups is 3. The predicted molar refractivity (Wildman–Crippen MR) is 173 cm³/mol. The number of unbranched alkanes of at least 4 members (excludes halogenated alkanes) is 1. The van der Waals surface area contributed by atoms with Crippen LogP contribution < -0.4 is 16.7 Å². The molecule has 4 aromatic rings. The number of ether oxygens (including phenoxy) is 2. The van der Waals surface area contributed by atoms with Crippen molar-refractivity contribution < 1.29 is 37.0 Å². The Labute approximate surface area is 292 Å². The van der Waals surface area contributed by atoms with Crippen molar-refractivity contribution in [3.05, 3.63) is 74.8 Å². The summed E-state index contributed by atoms with van der Waals surface area (Å²) in [4.78, 5) is 58.1. The summed E-state index contributed by atoms with van der Waals surface area (Å²) in [6, 6.07) is 8.79. The lowest BCUT2D eigenvalue weighted by molar-refractivity contribution is -0.224. The maximum atomic E-state index is 14.2. The normalized spacial score (nSPS) is 12.4. The molecule has 2 amide bonds. The van der Waals surface area contributed by atoms with Crippen LogP contribution in [-0.4, -0.2) is 76.5 Å². The monoisotopic (exact) mass is 741 g/mol. The SMILES string of the molecule is CC(C)(C)OC(=O)NCCCCC(=O)O[C@@H](Cn1c(-c2ccc(Cl)cc2)nn(Cc2nc(C(N)=O)n(-c3ncccc3Cl)n2)c1=O)C(F)(F)F. The van der Waals surface area contributed by atoms with E-state index >= 15 is 0 Å². The Morgan fingerprint density at radius 1 is 1.04 bits per heavy atom. The predicted octanol–water partition coefficient (Wildman–Crippen LogP) is 4.31. The summed E-state index contributed by atoms with van der Waals surface area (Å²) >= 11 is 12.2. The van der Waals surface area contributed by atoms with Gasteiger partial charge in [-0.1, -0.05) is 23.2 Å². The molecule has 3 heterocycles. The topological polar surface area (TPSA) is 191 Å². The molecule has 50 heavy (non-hydrogen) atoms. The molecule has 0 aliphatic heterocycles. The van der Waals surface area contributed by atoms with Gasteiger partial charge in [0, 0.05) is 29.7 Å². The van der Waals surface area contributed by atoms with Gasteiger partial charge < -0.3 is 20.5 Å². The van der Waals surface area contributed by atoms with Gasteiger partial charge in [0.1, 0.15) is 12.1 Å². The Hall–Kier alpha value is -4.97. The van der Waals surface area contributed by atoms with Crippen molar-refractivity contribution in [1.29, 1.82) is 0 Å². The van der Waals surface area contributed by atoms with E-state index in [0.29, 0.717) is 9.59 Å². The van der Waals surface area contributed by atoms with Gasteiger partial charge in [-0.05, 0) is 70.0 Å². The third kappa shape index (κ3) is 10.0. The number of primary amides is 1. The van der Waals surface area contributed by atoms with Crippen LogP contribution >= 0.6 is 23.2 Å². The van der Waals surface area contributed by atoms with E-state index in [2.05, 4.69) is 25.5 Å². The molecule has 3 N–H and O–H groups in total. The van der Waals surface area contributed by atoms with E-state index in [0.717, 1.165) is 9.36 Å². The molecule has 0 aliphatic carbocycles. The number of alkyl halides is 3. The number of rotatable bonds is 13. The highest BCUT2D eigenvalue weighted by Crippen LogP contribution is 2.27. The number of pyridine rings is 1. The zero-order valence-electron chi connectivity index (χ0n) is 26.9. The molecule has 268 valence electrons. The quantitative estimate of drug-likeness (QED) is 0.147. The third-order valence-corrected chi connectivity index (χ3v) is 7.14. The number of hydrogen-bond acceptors (Lipinski definition) is 10. The number of nitrogens with one attached hydrogen (secondary N) is 1. The highest BCUT2D eigenvalue weighted by atomic mass is 35.5. The number of nitrogens with zero attached hydrogens (tertiary/aromatic N) is 7. The second-order valence-electron chi connectivity index (χ2n) is 11.7. The first-order valence-corrected chi connectivity index (χ1v) is 15.7. The average Bonchev–Trinajstić information content (AvgIpc) is 3.57. The van der Waals surface area contributed by atoms with Crippen molar-refractivity contribution in [3.63, 3.8) is 0 Å². The summed E-state index contributed by atoms with van der Waals surface area (Å²) in [7, 11) is 0. The molecule has 20 heteroatoms. The van der Waals surface area contributed by atoms with E-state index in [1.165, 1.54) is 42.6 Å². The lowest BCUT2D eigenvalue weighted by atomic mass is 10.2. The van der Waals surface area contributed by atoms with Crippen LogP contribution in [0, 0.1) is 0 Å². The van der Waals surface area contributed by atoms with Crippen molar-refractivity contribution in [3.8, 4) is 17.2 Å². The Balaban J connectivity index is 1.57. The lowest BCUT2D eigenvalue weighted by Gasteiger charge is -2.21. The molecule has 0 saturated carbocycles. The summed E-state index contributed by atoms with van der Waals surface area (Å²) < 4.78 is 55.1. The van der Waals surface area contributed by atoms with E-state index in [9.17, 15) is 32.3 Å². The Morgan fingerprint density at radius 2 is 1.74 bits per heavy atom. The summed E-state index contributed by atoms with van der Waals surface area (Å²) in [5, 5.41) is 11.3. The number of halogens is 5. The Morgan fingerprint density at radius 3 is 2.36 bits per heavy atom. The largest absolute Gasteiger partial charge is 0.451 e. The van der Waals surface area contributed by atoms with E-state index in [1.807, 2.05) is 0 Å². The van der Waals surface area contributed by atoms with Crippen LogP contribution in [0.2, 0.25) is 10.0 Å². The van der Waals surface area contributed by atoms with Gasteiger partial charge in [-0.25, -0.2) is 24.2 Å². The molecule has 0 saturated heterocycles. The first-order valence-electron chi connectivity index (χ1n) is 15.0. The fourth-order valence-corrected chi connectivity index (χ4v) is 4.73. The van der Waals surface area contributed by atoms with Crippen molar-refractivity contribution in [2.45, 2.75) is 71.0 Å². The van der Waals surface area contributed by atoms with Gasteiger partial charge in [0.05, 0.1) is 11.6 Å². The van der Waals surface area contributed by atoms with Gasteiger partial charge in [0.2, 0.25) is 11.9 Å². The number of amides is 2. The van der Waals surface area contributed by atoms with Gasteiger partial charge in [-0.3, -0.25) is 14.2 Å². The molecule has 1 atom stereocenters. The zero-order valence-corrected chi connectivity index (χ0v) is 28.4. The van der Waals surface area contributed by atoms with Gasteiger partial charge in [-0.15, -0.1) is 10.2 Å². The van der Waals surface area contributed by atoms with Crippen LogP contribution in [0.15, 0.2) is 47.4 Å². The summed E-state index contributed by atoms with van der Waals surface area (Å²) in [5.41, 5.74) is 3.93. The number of esters is 1. The smallest absolute Gasteiger partial charge is 0.427 e. The molecule has 0 unspecified atom stereocenters. The van der Waals surface area contributed by atoms with Crippen LogP contribution in [0.4, 0.5) is 18.0 Å².